The van der Waals surface area contributed by atoms with Gasteiger partial charge in [0.15, 0.2) is 0 Å². The maximum atomic E-state index is 10.6. The largest absolute Gasteiger partial charge is 1.00 e. The van der Waals surface area contributed by atoms with Gasteiger partial charge in [-0.05, 0) is 25.9 Å². The summed E-state index contributed by atoms with van der Waals surface area (Å²) in [4.78, 5) is 2.15. The number of ether oxygens (including phenoxy) is 1. The van der Waals surface area contributed by atoms with Crippen LogP contribution >= 0.6 is 0 Å². The summed E-state index contributed by atoms with van der Waals surface area (Å²) in [5.74, 6) is 0. The minimum atomic E-state index is 0. The van der Waals surface area contributed by atoms with E-state index in [9.17, 15) is 5.11 Å². The van der Waals surface area contributed by atoms with Gasteiger partial charge in [0.25, 0.3) is 0 Å². The Hall–Kier alpha value is 1.52. The van der Waals surface area contributed by atoms with Gasteiger partial charge in [-0.2, -0.15) is 0 Å². The smallest absolute Gasteiger partial charge is 0.853 e. The second kappa shape index (κ2) is 6.89. The Labute approximate surface area is 117 Å². The topological polar surface area (TPSA) is 35.5 Å². The molecule has 0 aromatic carbocycles. The Morgan fingerprint density at radius 1 is 1.42 bits per heavy atom. The van der Waals surface area contributed by atoms with E-state index >= 15 is 0 Å². The van der Waals surface area contributed by atoms with E-state index in [4.69, 9.17) is 4.74 Å². The van der Waals surface area contributed by atoms with E-state index in [-0.39, 0.29) is 64.0 Å². The molecule has 12 heavy (non-hydrogen) atoms. The molecular formula is C8H16KNO2. The monoisotopic (exact) mass is 197 g/mol. The predicted octanol–water partition coefficient (Wildman–Crippen LogP) is -3.54. The van der Waals surface area contributed by atoms with Crippen molar-refractivity contribution in [3.8, 4) is 0 Å². The van der Waals surface area contributed by atoms with E-state index in [1.165, 1.54) is 0 Å². The first-order valence-corrected chi connectivity index (χ1v) is 4.08. The summed E-state index contributed by atoms with van der Waals surface area (Å²) in [6, 6.07) is 0.717. The van der Waals surface area contributed by atoms with Crippen molar-refractivity contribution in [1.82, 2.24) is 4.90 Å². The van der Waals surface area contributed by atoms with Crippen molar-refractivity contribution in [2.24, 2.45) is 0 Å². The maximum Gasteiger partial charge on any atom is 1.00 e. The van der Waals surface area contributed by atoms with Crippen molar-refractivity contribution >= 4 is 0 Å². The van der Waals surface area contributed by atoms with Crippen LogP contribution in [0.2, 0.25) is 0 Å². The minimum Gasteiger partial charge on any atom is -0.853 e. The molecule has 0 aromatic rings. The van der Waals surface area contributed by atoms with Crippen molar-refractivity contribution in [1.29, 1.82) is 0 Å². The molecule has 2 atom stereocenters. The molecule has 0 saturated carbocycles. The van der Waals surface area contributed by atoms with Gasteiger partial charge in [0.1, 0.15) is 0 Å². The second-order valence-corrected chi connectivity index (χ2v) is 3.17. The number of rotatable bonds is 3. The quantitative estimate of drug-likeness (QED) is 0.440. The average Bonchev–Trinajstić information content (AvgIpc) is 2.34. The van der Waals surface area contributed by atoms with E-state index in [0.717, 1.165) is 19.4 Å². The van der Waals surface area contributed by atoms with Crippen LogP contribution in [0.1, 0.15) is 12.8 Å². The van der Waals surface area contributed by atoms with Gasteiger partial charge in [-0.3, -0.25) is 4.90 Å². The molecule has 0 N–H and O–H groups in total. The van der Waals surface area contributed by atoms with Crippen molar-refractivity contribution in [3.05, 3.63) is 0 Å². The molecule has 1 aliphatic heterocycles. The summed E-state index contributed by atoms with van der Waals surface area (Å²) >= 11 is 0. The number of likely N-dealkylation sites (tertiary alicyclic amines) is 1. The molecule has 4 heteroatoms. The first-order valence-electron chi connectivity index (χ1n) is 4.08. The standard InChI is InChI=1S/C8H16NO2.K/c1-9-7(5-10)3-4-8(9)6-11-2;/h7-8H,3-6H2,1-2H3;/q-1;+1. The van der Waals surface area contributed by atoms with Crippen LogP contribution < -0.4 is 56.5 Å². The summed E-state index contributed by atoms with van der Waals surface area (Å²) in [5.41, 5.74) is 0. The third-order valence-corrected chi connectivity index (χ3v) is 2.54. The normalized spacial score (nSPS) is 30.2. The Balaban J connectivity index is 0.00000121. The van der Waals surface area contributed by atoms with E-state index < -0.39 is 0 Å². The van der Waals surface area contributed by atoms with Crippen LogP contribution in [0, 0.1) is 0 Å². The van der Waals surface area contributed by atoms with Gasteiger partial charge in [-0.15, -0.1) is 6.61 Å². The molecule has 1 heterocycles. The molecule has 2 unspecified atom stereocenters. The fraction of sp³-hybridized carbons (Fsp3) is 1.00. The maximum absolute atomic E-state index is 10.6. The third-order valence-electron chi connectivity index (χ3n) is 2.54. The van der Waals surface area contributed by atoms with Crippen LogP contribution in [0.3, 0.4) is 0 Å². The van der Waals surface area contributed by atoms with Gasteiger partial charge in [-0.25, -0.2) is 0 Å². The Kier molecular flexibility index (Phi) is 7.77. The first-order chi connectivity index (χ1) is 5.29. The fourth-order valence-electron chi connectivity index (χ4n) is 1.68. The van der Waals surface area contributed by atoms with E-state index in [0.29, 0.717) is 6.04 Å². The molecule has 1 rings (SSSR count). The number of likely N-dealkylation sites (N-methyl/N-ethyl adjacent to an activating group) is 1. The average molecular weight is 197 g/mol. The predicted molar refractivity (Wildman–Crippen MR) is 41.3 cm³/mol. The molecule has 3 nitrogen and oxygen atoms in total. The van der Waals surface area contributed by atoms with E-state index in [1.54, 1.807) is 7.11 Å². The van der Waals surface area contributed by atoms with Crippen LogP contribution in [0.15, 0.2) is 0 Å². The van der Waals surface area contributed by atoms with Crippen LogP contribution in [0.4, 0.5) is 0 Å². The number of hydrogen-bond donors (Lipinski definition) is 0. The molecular weight excluding hydrogens is 181 g/mol. The fourth-order valence-corrected chi connectivity index (χ4v) is 1.68. The van der Waals surface area contributed by atoms with Crippen LogP contribution in [-0.4, -0.2) is 44.4 Å². The molecule has 0 aliphatic carbocycles. The summed E-state index contributed by atoms with van der Waals surface area (Å²) in [7, 11) is 3.72. The zero-order valence-electron chi connectivity index (χ0n) is 8.25. The molecule has 0 spiro atoms. The van der Waals surface area contributed by atoms with Crippen molar-refractivity contribution < 1.29 is 61.2 Å². The van der Waals surface area contributed by atoms with Gasteiger partial charge in [0.2, 0.25) is 0 Å². The zero-order chi connectivity index (χ0) is 8.27. The van der Waals surface area contributed by atoms with E-state index in [1.807, 2.05) is 7.05 Å². The van der Waals surface area contributed by atoms with Crippen LogP contribution in [0.25, 0.3) is 0 Å². The minimum absolute atomic E-state index is 0. The SMILES string of the molecule is COCC1CCC(C[O-])N1C.[K+]. The summed E-state index contributed by atoms with van der Waals surface area (Å²) in [6.45, 7) is 0.781. The molecule has 0 amide bonds. The van der Waals surface area contributed by atoms with Gasteiger partial charge >= 0.3 is 51.4 Å². The van der Waals surface area contributed by atoms with Crippen LogP contribution in [0.5, 0.6) is 0 Å². The Morgan fingerprint density at radius 3 is 2.42 bits per heavy atom. The molecule has 66 valence electrons. The molecule has 1 aliphatic rings. The Bertz CT molecular complexity index is 124. The van der Waals surface area contributed by atoms with Gasteiger partial charge in [-0.1, -0.05) is 0 Å². The summed E-state index contributed by atoms with van der Waals surface area (Å²) in [6.07, 6.45) is 2.14. The molecule has 0 aromatic heterocycles. The summed E-state index contributed by atoms with van der Waals surface area (Å²) in [5, 5.41) is 10.6. The molecule has 1 fully saturated rings. The molecule has 1 saturated heterocycles. The first kappa shape index (κ1) is 13.5. The van der Waals surface area contributed by atoms with Crippen molar-refractivity contribution in [2.45, 2.75) is 24.9 Å². The molecule has 0 bridgehead atoms. The van der Waals surface area contributed by atoms with Crippen LogP contribution in [-0.2, 0) is 4.74 Å². The Morgan fingerprint density at radius 2 is 2.00 bits per heavy atom. The summed E-state index contributed by atoms with van der Waals surface area (Å²) < 4.78 is 5.05. The van der Waals surface area contributed by atoms with Crippen molar-refractivity contribution in [3.63, 3.8) is 0 Å². The second-order valence-electron chi connectivity index (χ2n) is 3.17. The van der Waals surface area contributed by atoms with Crippen molar-refractivity contribution in [2.75, 3.05) is 27.4 Å². The zero-order valence-corrected chi connectivity index (χ0v) is 11.4. The number of hydrogen-bond acceptors (Lipinski definition) is 3. The number of nitrogens with zero attached hydrogens (tertiary/aromatic N) is 1. The van der Waals surface area contributed by atoms with E-state index in [2.05, 4.69) is 4.90 Å². The third kappa shape index (κ3) is 3.34. The van der Waals surface area contributed by atoms with Gasteiger partial charge in [0.05, 0.1) is 6.61 Å². The molecule has 0 radical (unpaired) electrons. The van der Waals surface area contributed by atoms with Gasteiger partial charge in [0, 0.05) is 13.2 Å². The van der Waals surface area contributed by atoms with Gasteiger partial charge < -0.3 is 9.84 Å². The number of methoxy groups -OCH3 is 1.